The van der Waals surface area contributed by atoms with E-state index in [0.717, 1.165) is 0 Å². The van der Waals surface area contributed by atoms with Crippen molar-refractivity contribution in [3.63, 3.8) is 0 Å². The highest BCUT2D eigenvalue weighted by molar-refractivity contribution is 5.97. The van der Waals surface area contributed by atoms with Gasteiger partial charge in [0.25, 0.3) is 5.91 Å². The standard InChI is InChI=1S/C17H27N3O3/c1-6-17(5,11-21)20-15(23)18-13-9-7-8-12(10-13)14(22)19-16(2,3)4/h7-10,21H,6,11H2,1-5H3,(H,19,22)(H2,18,20,23)/t17-/m0/s1. The van der Waals surface area contributed by atoms with E-state index in [1.807, 2.05) is 27.7 Å². The Bertz CT molecular complexity index is 560. The molecule has 128 valence electrons. The number of carbonyl (C=O) groups is 2. The molecule has 0 saturated heterocycles. The molecule has 6 nitrogen and oxygen atoms in total. The Labute approximate surface area is 137 Å². The summed E-state index contributed by atoms with van der Waals surface area (Å²) in [5.41, 5.74) is -0.0219. The summed E-state index contributed by atoms with van der Waals surface area (Å²) in [7, 11) is 0. The van der Waals surface area contributed by atoms with Crippen LogP contribution in [0.1, 0.15) is 51.4 Å². The zero-order valence-corrected chi connectivity index (χ0v) is 14.5. The summed E-state index contributed by atoms with van der Waals surface area (Å²) in [5.74, 6) is -0.199. The lowest BCUT2D eigenvalue weighted by molar-refractivity contribution is 0.0919. The molecule has 6 heteroatoms. The molecule has 0 spiro atoms. The third-order valence-electron chi connectivity index (χ3n) is 3.42. The topological polar surface area (TPSA) is 90.5 Å². The molecular formula is C17H27N3O3. The zero-order chi connectivity index (χ0) is 17.7. The average molecular weight is 321 g/mol. The van der Waals surface area contributed by atoms with Gasteiger partial charge >= 0.3 is 6.03 Å². The number of rotatable bonds is 5. The Balaban J connectivity index is 2.78. The summed E-state index contributed by atoms with van der Waals surface area (Å²) in [4.78, 5) is 24.2. The lowest BCUT2D eigenvalue weighted by Crippen LogP contribution is -2.50. The fourth-order valence-electron chi connectivity index (χ4n) is 1.83. The van der Waals surface area contributed by atoms with E-state index in [2.05, 4.69) is 16.0 Å². The van der Waals surface area contributed by atoms with Crippen LogP contribution in [0.3, 0.4) is 0 Å². The number of aliphatic hydroxyl groups excluding tert-OH is 1. The molecule has 0 radical (unpaired) electrons. The van der Waals surface area contributed by atoms with E-state index >= 15 is 0 Å². The molecule has 0 aliphatic heterocycles. The van der Waals surface area contributed by atoms with Crippen molar-refractivity contribution < 1.29 is 14.7 Å². The largest absolute Gasteiger partial charge is 0.394 e. The molecule has 0 heterocycles. The number of nitrogens with one attached hydrogen (secondary N) is 3. The third kappa shape index (κ3) is 6.28. The van der Waals surface area contributed by atoms with Crippen LogP contribution < -0.4 is 16.0 Å². The summed E-state index contributed by atoms with van der Waals surface area (Å²) in [6.07, 6.45) is 0.602. The molecule has 0 aliphatic carbocycles. The zero-order valence-electron chi connectivity index (χ0n) is 14.5. The molecule has 1 rings (SSSR count). The molecule has 1 atom stereocenters. The number of hydrogen-bond acceptors (Lipinski definition) is 3. The summed E-state index contributed by atoms with van der Waals surface area (Å²) in [5, 5.41) is 17.6. The van der Waals surface area contributed by atoms with Gasteiger partial charge in [-0.05, 0) is 52.3 Å². The van der Waals surface area contributed by atoms with Crippen molar-refractivity contribution in [2.45, 2.75) is 52.1 Å². The minimum atomic E-state index is -0.675. The molecule has 1 aromatic carbocycles. The van der Waals surface area contributed by atoms with E-state index in [1.54, 1.807) is 31.2 Å². The molecular weight excluding hydrogens is 294 g/mol. The van der Waals surface area contributed by atoms with Gasteiger partial charge in [-0.25, -0.2) is 4.79 Å². The van der Waals surface area contributed by atoms with Crippen molar-refractivity contribution in [2.24, 2.45) is 0 Å². The molecule has 0 aliphatic rings. The molecule has 0 aromatic heterocycles. The van der Waals surface area contributed by atoms with Gasteiger partial charge in [-0.15, -0.1) is 0 Å². The van der Waals surface area contributed by atoms with E-state index in [1.165, 1.54) is 0 Å². The molecule has 23 heavy (non-hydrogen) atoms. The molecule has 1 aromatic rings. The number of amides is 3. The second kappa shape index (κ2) is 7.46. The molecule has 0 fully saturated rings. The molecule has 0 unspecified atom stereocenters. The van der Waals surface area contributed by atoms with Crippen LogP contribution in [0.4, 0.5) is 10.5 Å². The summed E-state index contributed by atoms with van der Waals surface area (Å²) in [6, 6.07) is 6.29. The van der Waals surface area contributed by atoms with Crippen LogP contribution in [0.2, 0.25) is 0 Å². The summed E-state index contributed by atoms with van der Waals surface area (Å²) in [6.45, 7) is 9.21. The fourth-order valence-corrected chi connectivity index (χ4v) is 1.83. The van der Waals surface area contributed by atoms with E-state index in [-0.39, 0.29) is 18.1 Å². The third-order valence-corrected chi connectivity index (χ3v) is 3.42. The second-order valence-corrected chi connectivity index (χ2v) is 6.94. The maximum absolute atomic E-state index is 12.1. The van der Waals surface area contributed by atoms with Gasteiger partial charge in [0.2, 0.25) is 0 Å². The SMILES string of the molecule is CC[C@@](C)(CO)NC(=O)Nc1cccc(C(=O)NC(C)(C)C)c1. The van der Waals surface area contributed by atoms with Gasteiger partial charge in [0.15, 0.2) is 0 Å². The summed E-state index contributed by atoms with van der Waals surface area (Å²) < 4.78 is 0. The van der Waals surface area contributed by atoms with Crippen molar-refractivity contribution >= 4 is 17.6 Å². The second-order valence-electron chi connectivity index (χ2n) is 6.94. The Morgan fingerprint density at radius 1 is 1.13 bits per heavy atom. The Morgan fingerprint density at radius 2 is 1.78 bits per heavy atom. The van der Waals surface area contributed by atoms with Crippen molar-refractivity contribution in [3.05, 3.63) is 29.8 Å². The van der Waals surface area contributed by atoms with Crippen molar-refractivity contribution in [3.8, 4) is 0 Å². The average Bonchev–Trinajstić information content (AvgIpc) is 2.45. The first-order valence-corrected chi connectivity index (χ1v) is 7.71. The van der Waals surface area contributed by atoms with Crippen molar-refractivity contribution in [1.82, 2.24) is 10.6 Å². The number of aliphatic hydroxyl groups is 1. The summed E-state index contributed by atoms with van der Waals surface area (Å²) >= 11 is 0. The van der Waals surface area contributed by atoms with E-state index in [9.17, 15) is 14.7 Å². The van der Waals surface area contributed by atoms with Crippen LogP contribution in [0.5, 0.6) is 0 Å². The molecule has 3 amide bonds. The normalized spacial score (nSPS) is 13.8. The molecule has 4 N–H and O–H groups in total. The van der Waals surface area contributed by atoms with Gasteiger partial charge in [-0.2, -0.15) is 0 Å². The number of benzene rings is 1. The van der Waals surface area contributed by atoms with Crippen molar-refractivity contribution in [2.75, 3.05) is 11.9 Å². The lowest BCUT2D eigenvalue weighted by atomic mass is 10.0. The number of carbonyl (C=O) groups excluding carboxylic acids is 2. The Hall–Kier alpha value is -2.08. The predicted octanol–water partition coefficient (Wildman–Crippen LogP) is 2.50. The Kier molecular flexibility index (Phi) is 6.15. The highest BCUT2D eigenvalue weighted by Gasteiger charge is 2.23. The first-order valence-electron chi connectivity index (χ1n) is 7.71. The van der Waals surface area contributed by atoms with Crippen LogP contribution in [0.25, 0.3) is 0 Å². The van der Waals surface area contributed by atoms with Gasteiger partial charge in [-0.1, -0.05) is 13.0 Å². The maximum Gasteiger partial charge on any atom is 0.319 e. The van der Waals surface area contributed by atoms with Crippen LogP contribution in [-0.2, 0) is 0 Å². The maximum atomic E-state index is 12.1. The van der Waals surface area contributed by atoms with E-state index < -0.39 is 11.6 Å². The fraction of sp³-hybridized carbons (Fsp3) is 0.529. The van der Waals surface area contributed by atoms with Gasteiger partial charge in [0.1, 0.15) is 0 Å². The predicted molar refractivity (Wildman–Crippen MR) is 91.6 cm³/mol. The highest BCUT2D eigenvalue weighted by Crippen LogP contribution is 2.13. The van der Waals surface area contributed by atoms with Gasteiger partial charge in [0.05, 0.1) is 12.1 Å². The van der Waals surface area contributed by atoms with Crippen LogP contribution in [0, 0.1) is 0 Å². The first kappa shape index (κ1) is 19.0. The van der Waals surface area contributed by atoms with Crippen LogP contribution in [-0.4, -0.2) is 34.7 Å². The van der Waals surface area contributed by atoms with Crippen molar-refractivity contribution in [1.29, 1.82) is 0 Å². The number of urea groups is 1. The minimum absolute atomic E-state index is 0.148. The van der Waals surface area contributed by atoms with Crippen LogP contribution in [0.15, 0.2) is 24.3 Å². The van der Waals surface area contributed by atoms with Gasteiger partial charge in [-0.3, -0.25) is 4.79 Å². The monoisotopic (exact) mass is 321 g/mol. The highest BCUT2D eigenvalue weighted by atomic mass is 16.3. The minimum Gasteiger partial charge on any atom is -0.394 e. The number of hydrogen-bond donors (Lipinski definition) is 4. The molecule has 0 saturated carbocycles. The molecule has 0 bridgehead atoms. The number of anilines is 1. The first-order chi connectivity index (χ1) is 10.6. The smallest absolute Gasteiger partial charge is 0.319 e. The Morgan fingerprint density at radius 3 is 2.30 bits per heavy atom. The quantitative estimate of drug-likeness (QED) is 0.671. The van der Waals surface area contributed by atoms with Gasteiger partial charge < -0.3 is 21.1 Å². The lowest BCUT2D eigenvalue weighted by Gasteiger charge is -2.27. The van der Waals surface area contributed by atoms with E-state index in [0.29, 0.717) is 17.7 Å². The van der Waals surface area contributed by atoms with E-state index in [4.69, 9.17) is 0 Å². The van der Waals surface area contributed by atoms with Crippen LogP contribution >= 0.6 is 0 Å². The van der Waals surface area contributed by atoms with Gasteiger partial charge in [0, 0.05) is 16.8 Å².